The largest absolute Gasteiger partial charge is 0.371 e. The Balaban J connectivity index is 2.64. The summed E-state index contributed by atoms with van der Waals surface area (Å²) >= 11 is 2.54. The van der Waals surface area contributed by atoms with Crippen LogP contribution >= 0.6 is 22.6 Å². The Kier molecular flexibility index (Phi) is 10.7. The van der Waals surface area contributed by atoms with E-state index in [9.17, 15) is 0 Å². The zero-order valence-corrected chi connectivity index (χ0v) is 19.0. The zero-order chi connectivity index (χ0) is 18.1. The van der Waals surface area contributed by atoms with Crippen LogP contribution in [0.1, 0.15) is 73.6 Å². The molecule has 0 aromatic heterocycles. The van der Waals surface area contributed by atoms with Crippen LogP contribution in [0.5, 0.6) is 0 Å². The van der Waals surface area contributed by atoms with Crippen LogP contribution in [0.4, 0.5) is 0 Å². The molecule has 0 spiro atoms. The molecule has 5 unspecified atom stereocenters. The Morgan fingerprint density at radius 1 is 1.17 bits per heavy atom. The van der Waals surface area contributed by atoms with Crippen molar-refractivity contribution in [2.45, 2.75) is 83.6 Å². The van der Waals surface area contributed by atoms with Crippen LogP contribution < -0.4 is 0 Å². The number of allylic oxidation sites excluding steroid dienone is 2. The molecule has 2 heteroatoms. The van der Waals surface area contributed by atoms with E-state index in [0.29, 0.717) is 6.04 Å². The highest BCUT2D eigenvalue weighted by Crippen LogP contribution is 2.40. The molecular weight excluding hydrogens is 405 g/mol. The quantitative estimate of drug-likeness (QED) is 0.208. The molecule has 1 nitrogen and oxygen atoms in total. The smallest absolute Gasteiger partial charge is 0.0356 e. The van der Waals surface area contributed by atoms with Gasteiger partial charge in [-0.2, -0.15) is 0 Å². The van der Waals surface area contributed by atoms with Crippen molar-refractivity contribution in [1.29, 1.82) is 0 Å². The van der Waals surface area contributed by atoms with Gasteiger partial charge in [-0.05, 0) is 69.4 Å². The van der Waals surface area contributed by atoms with Crippen molar-refractivity contribution in [2.24, 2.45) is 23.7 Å². The molecule has 1 saturated carbocycles. The van der Waals surface area contributed by atoms with E-state index in [4.69, 9.17) is 0 Å². The van der Waals surface area contributed by atoms with Gasteiger partial charge in [0.25, 0.3) is 0 Å². The molecule has 0 N–H and O–H groups in total. The van der Waals surface area contributed by atoms with Gasteiger partial charge in [-0.3, -0.25) is 0 Å². The predicted molar refractivity (Wildman–Crippen MR) is 118 cm³/mol. The number of nitrogens with zero attached hydrogens (tertiary/aromatic N) is 1. The molecule has 1 aliphatic carbocycles. The van der Waals surface area contributed by atoms with E-state index < -0.39 is 0 Å². The molecule has 0 bridgehead atoms. The molecule has 0 saturated heterocycles. The summed E-state index contributed by atoms with van der Waals surface area (Å²) in [5.41, 5.74) is 0. The first-order valence-corrected chi connectivity index (χ1v) is 11.3. The van der Waals surface area contributed by atoms with E-state index >= 15 is 0 Å². The minimum absolute atomic E-state index is 0.607. The third-order valence-corrected chi connectivity index (χ3v) is 6.59. The molecule has 0 heterocycles. The lowest BCUT2D eigenvalue weighted by Gasteiger charge is -2.38. The highest BCUT2D eigenvalue weighted by Gasteiger charge is 2.31. The molecule has 0 aromatic rings. The van der Waals surface area contributed by atoms with Crippen LogP contribution in [0.15, 0.2) is 24.4 Å². The Morgan fingerprint density at radius 3 is 2.46 bits per heavy atom. The highest BCUT2D eigenvalue weighted by atomic mass is 127. The predicted octanol–water partition coefficient (Wildman–Crippen LogP) is 7.08. The maximum Gasteiger partial charge on any atom is 0.0356 e. The van der Waals surface area contributed by atoms with Crippen molar-refractivity contribution in [3.05, 3.63) is 24.4 Å². The Labute approximate surface area is 165 Å². The summed E-state index contributed by atoms with van der Waals surface area (Å²) < 4.78 is 0.726. The van der Waals surface area contributed by atoms with Crippen molar-refractivity contribution in [3.63, 3.8) is 0 Å². The summed E-state index contributed by atoms with van der Waals surface area (Å²) in [6.45, 7) is 15.1. The summed E-state index contributed by atoms with van der Waals surface area (Å²) in [6.07, 6.45) is 16.0. The summed E-state index contributed by atoms with van der Waals surface area (Å²) in [7, 11) is 0. The Hall–Kier alpha value is 0.01000. The fraction of sp³-hybridized carbons (Fsp3) is 0.818. The molecule has 6 atom stereocenters. The van der Waals surface area contributed by atoms with E-state index in [2.05, 4.69) is 93.5 Å². The van der Waals surface area contributed by atoms with Crippen molar-refractivity contribution >= 4 is 22.6 Å². The van der Waals surface area contributed by atoms with E-state index in [1.807, 2.05) is 0 Å². The molecule has 1 fully saturated rings. The van der Waals surface area contributed by atoms with E-state index in [1.54, 1.807) is 0 Å². The second kappa shape index (κ2) is 11.6. The fourth-order valence-corrected chi connectivity index (χ4v) is 4.92. The Morgan fingerprint density at radius 2 is 1.88 bits per heavy atom. The minimum Gasteiger partial charge on any atom is -0.371 e. The molecule has 24 heavy (non-hydrogen) atoms. The summed E-state index contributed by atoms with van der Waals surface area (Å²) in [6, 6.07) is 0.607. The second-order valence-electron chi connectivity index (χ2n) is 8.09. The molecule has 140 valence electrons. The number of halogens is 1. The van der Waals surface area contributed by atoms with Gasteiger partial charge in [0.05, 0.1) is 0 Å². The lowest BCUT2D eigenvalue weighted by Crippen LogP contribution is -2.31. The third kappa shape index (κ3) is 7.49. The zero-order valence-electron chi connectivity index (χ0n) is 16.8. The lowest BCUT2D eigenvalue weighted by molar-refractivity contribution is 0.128. The average molecular weight is 445 g/mol. The van der Waals surface area contributed by atoms with Gasteiger partial charge in [0.2, 0.25) is 0 Å². The van der Waals surface area contributed by atoms with Gasteiger partial charge >= 0.3 is 0 Å². The summed E-state index contributed by atoms with van der Waals surface area (Å²) in [4.78, 5) is 2.52. The van der Waals surface area contributed by atoms with Crippen LogP contribution in [0, 0.1) is 23.7 Å². The van der Waals surface area contributed by atoms with Crippen molar-refractivity contribution in [3.8, 4) is 0 Å². The average Bonchev–Trinajstić information content (AvgIpc) is 2.53. The molecule has 0 radical (unpaired) electrons. The molecule has 0 aromatic carbocycles. The molecular formula is C22H40IN. The fourth-order valence-electron chi connectivity index (χ4n) is 4.18. The van der Waals surface area contributed by atoms with Crippen LogP contribution in [0.3, 0.4) is 0 Å². The van der Waals surface area contributed by atoms with E-state index in [1.165, 1.54) is 32.1 Å². The number of alkyl halides is 1. The van der Waals surface area contributed by atoms with Crippen molar-refractivity contribution in [1.82, 2.24) is 4.90 Å². The SMILES string of the molecule is C/C=C\CN(/C=C\C[C@H]1CC(CC)CC(C)C1C)C(C)CC(C)I. The first-order valence-electron chi connectivity index (χ1n) is 10.1. The normalized spacial score (nSPS) is 30.8. The molecule has 0 amide bonds. The van der Waals surface area contributed by atoms with Gasteiger partial charge < -0.3 is 4.90 Å². The van der Waals surface area contributed by atoms with Crippen molar-refractivity contribution in [2.75, 3.05) is 6.54 Å². The maximum absolute atomic E-state index is 2.54. The van der Waals surface area contributed by atoms with Gasteiger partial charge in [-0.25, -0.2) is 0 Å². The summed E-state index contributed by atoms with van der Waals surface area (Å²) in [5, 5.41) is 0. The maximum atomic E-state index is 2.54. The standard InChI is InChI=1S/C22H40IN/c1-7-9-12-24(19(5)15-18(4)23)13-10-11-22-16-21(8-2)14-17(3)20(22)6/h7,9-10,13,17-22H,8,11-12,14-16H2,1-6H3/b9-7-,13-10-/t17?,18?,19?,20?,21?,22-/m0/s1. The topological polar surface area (TPSA) is 3.24 Å². The van der Waals surface area contributed by atoms with Gasteiger partial charge in [-0.1, -0.05) is 74.9 Å². The minimum atomic E-state index is 0.607. The van der Waals surface area contributed by atoms with E-state index in [0.717, 1.165) is 34.1 Å². The van der Waals surface area contributed by atoms with Crippen LogP contribution in [0.25, 0.3) is 0 Å². The number of hydrogen-bond donors (Lipinski definition) is 0. The van der Waals surface area contributed by atoms with Gasteiger partial charge in [0.15, 0.2) is 0 Å². The summed E-state index contributed by atoms with van der Waals surface area (Å²) in [5.74, 6) is 3.58. The number of rotatable bonds is 9. The molecule has 1 rings (SSSR count). The second-order valence-corrected chi connectivity index (χ2v) is 10.2. The molecule has 0 aliphatic heterocycles. The van der Waals surface area contributed by atoms with Crippen molar-refractivity contribution < 1.29 is 0 Å². The monoisotopic (exact) mass is 445 g/mol. The molecule has 1 aliphatic rings. The van der Waals surface area contributed by atoms with Crippen LogP contribution in [0.2, 0.25) is 0 Å². The van der Waals surface area contributed by atoms with Gasteiger partial charge in [-0.15, -0.1) is 0 Å². The Bertz CT molecular complexity index is 387. The first kappa shape index (κ1) is 22.1. The van der Waals surface area contributed by atoms with Gasteiger partial charge in [0.1, 0.15) is 0 Å². The third-order valence-electron chi connectivity index (χ3n) is 6.08. The van der Waals surface area contributed by atoms with Crippen LogP contribution in [-0.4, -0.2) is 21.4 Å². The lowest BCUT2D eigenvalue weighted by atomic mass is 9.67. The van der Waals surface area contributed by atoms with E-state index in [-0.39, 0.29) is 0 Å². The highest BCUT2D eigenvalue weighted by molar-refractivity contribution is 14.1. The first-order chi connectivity index (χ1) is 11.4. The van der Waals surface area contributed by atoms with Gasteiger partial charge in [0, 0.05) is 16.5 Å². The van der Waals surface area contributed by atoms with Crippen LogP contribution in [-0.2, 0) is 0 Å². The number of hydrogen-bond acceptors (Lipinski definition) is 1.